The van der Waals surface area contributed by atoms with E-state index in [0.717, 1.165) is 12.1 Å². The Labute approximate surface area is 113 Å². The van der Waals surface area contributed by atoms with Gasteiger partial charge in [-0.25, -0.2) is 4.98 Å². The van der Waals surface area contributed by atoms with Crippen LogP contribution in [0.1, 0.15) is 46.2 Å². The van der Waals surface area contributed by atoms with E-state index < -0.39 is 0 Å². The van der Waals surface area contributed by atoms with Crippen LogP contribution < -0.4 is 11.1 Å². The Morgan fingerprint density at radius 3 is 2.72 bits per heavy atom. The molecule has 18 heavy (non-hydrogen) atoms. The number of rotatable bonds is 5. The first-order valence-electron chi connectivity index (χ1n) is 6.29. The summed E-state index contributed by atoms with van der Waals surface area (Å²) in [7, 11) is 0. The molecular formula is C13H23N3OS. The summed E-state index contributed by atoms with van der Waals surface area (Å²) in [5.41, 5.74) is 6.55. The van der Waals surface area contributed by atoms with Crippen LogP contribution in [0.5, 0.6) is 0 Å². The van der Waals surface area contributed by atoms with Crippen molar-refractivity contribution in [3.8, 4) is 0 Å². The molecule has 1 unspecified atom stereocenters. The van der Waals surface area contributed by atoms with E-state index in [1.165, 1.54) is 11.3 Å². The minimum Gasteiger partial charge on any atom is -0.330 e. The lowest BCUT2D eigenvalue weighted by molar-refractivity contribution is -0.116. The van der Waals surface area contributed by atoms with Crippen molar-refractivity contribution in [3.63, 3.8) is 0 Å². The fourth-order valence-electron chi connectivity index (χ4n) is 1.35. The van der Waals surface area contributed by atoms with Gasteiger partial charge < -0.3 is 11.1 Å². The van der Waals surface area contributed by atoms with Gasteiger partial charge in [0.15, 0.2) is 5.13 Å². The first-order chi connectivity index (χ1) is 8.32. The van der Waals surface area contributed by atoms with Gasteiger partial charge in [0, 0.05) is 17.2 Å². The van der Waals surface area contributed by atoms with Crippen molar-refractivity contribution in [2.45, 2.75) is 46.0 Å². The Morgan fingerprint density at radius 1 is 1.56 bits per heavy atom. The smallest absolute Gasteiger partial charge is 0.226 e. The van der Waals surface area contributed by atoms with E-state index in [9.17, 15) is 4.79 Å². The van der Waals surface area contributed by atoms with Gasteiger partial charge in [-0.05, 0) is 18.9 Å². The fraction of sp³-hybridized carbons (Fsp3) is 0.692. The van der Waals surface area contributed by atoms with Gasteiger partial charge in [-0.1, -0.05) is 27.7 Å². The first-order valence-corrected chi connectivity index (χ1v) is 7.17. The average Bonchev–Trinajstić information content (AvgIpc) is 2.74. The maximum atomic E-state index is 11.7. The van der Waals surface area contributed by atoms with Crippen molar-refractivity contribution in [2.75, 3.05) is 11.9 Å². The molecule has 0 aliphatic rings. The summed E-state index contributed by atoms with van der Waals surface area (Å²) in [6, 6.07) is 0. The third kappa shape index (κ3) is 4.74. The van der Waals surface area contributed by atoms with Gasteiger partial charge >= 0.3 is 0 Å². The van der Waals surface area contributed by atoms with E-state index in [2.05, 4.69) is 31.1 Å². The number of nitrogens with one attached hydrogen (secondary N) is 1. The third-order valence-corrected chi connectivity index (χ3v) is 3.54. The van der Waals surface area contributed by atoms with Gasteiger partial charge in [0.05, 0.1) is 5.69 Å². The summed E-state index contributed by atoms with van der Waals surface area (Å²) in [6.07, 6.45) is 1.32. The monoisotopic (exact) mass is 269 g/mol. The molecule has 0 saturated heterocycles. The molecule has 0 spiro atoms. The van der Waals surface area contributed by atoms with Crippen LogP contribution in [0, 0.1) is 5.92 Å². The first kappa shape index (κ1) is 15.1. The lowest BCUT2D eigenvalue weighted by atomic mass is 9.93. The molecule has 1 aromatic rings. The zero-order chi connectivity index (χ0) is 13.8. The summed E-state index contributed by atoms with van der Waals surface area (Å²) < 4.78 is 0. The highest BCUT2D eigenvalue weighted by Crippen LogP contribution is 2.26. The molecule has 102 valence electrons. The topological polar surface area (TPSA) is 68.0 Å². The van der Waals surface area contributed by atoms with Crippen molar-refractivity contribution in [2.24, 2.45) is 11.7 Å². The maximum Gasteiger partial charge on any atom is 0.226 e. The number of nitrogens with two attached hydrogens (primary N) is 1. The lowest BCUT2D eigenvalue weighted by Gasteiger charge is -2.14. The summed E-state index contributed by atoms with van der Waals surface area (Å²) in [4.78, 5) is 16.1. The highest BCUT2D eigenvalue weighted by atomic mass is 32.1. The summed E-state index contributed by atoms with van der Waals surface area (Å²) >= 11 is 1.48. The van der Waals surface area contributed by atoms with Crippen LogP contribution in [-0.2, 0) is 10.2 Å². The number of aromatic nitrogens is 1. The normalized spacial score (nSPS) is 13.4. The molecule has 1 atom stereocenters. The largest absolute Gasteiger partial charge is 0.330 e. The number of hydrogen-bond acceptors (Lipinski definition) is 4. The molecular weight excluding hydrogens is 246 g/mol. The van der Waals surface area contributed by atoms with Crippen molar-refractivity contribution < 1.29 is 4.79 Å². The van der Waals surface area contributed by atoms with Crippen LogP contribution in [-0.4, -0.2) is 17.4 Å². The number of hydrogen-bond donors (Lipinski definition) is 2. The van der Waals surface area contributed by atoms with E-state index in [-0.39, 0.29) is 11.3 Å². The van der Waals surface area contributed by atoms with Gasteiger partial charge in [-0.15, -0.1) is 11.3 Å². The summed E-state index contributed by atoms with van der Waals surface area (Å²) in [6.45, 7) is 9.00. The second-order valence-electron chi connectivity index (χ2n) is 5.72. The second kappa shape index (κ2) is 6.29. The highest BCUT2D eigenvalue weighted by Gasteiger charge is 2.18. The molecule has 1 amide bonds. The number of nitrogens with zero attached hydrogens (tertiary/aromatic N) is 1. The molecule has 1 aromatic heterocycles. The van der Waals surface area contributed by atoms with Gasteiger partial charge in [0.25, 0.3) is 0 Å². The molecule has 0 fully saturated rings. The van der Waals surface area contributed by atoms with E-state index in [0.29, 0.717) is 24.0 Å². The molecule has 0 radical (unpaired) electrons. The van der Waals surface area contributed by atoms with Gasteiger partial charge in [0.2, 0.25) is 5.91 Å². The second-order valence-corrected chi connectivity index (χ2v) is 6.57. The Balaban J connectivity index is 2.48. The van der Waals surface area contributed by atoms with Crippen LogP contribution in [0.3, 0.4) is 0 Å². The Hall–Kier alpha value is -0.940. The predicted molar refractivity (Wildman–Crippen MR) is 76.9 cm³/mol. The summed E-state index contributed by atoms with van der Waals surface area (Å²) in [5, 5.41) is 5.53. The third-order valence-electron chi connectivity index (χ3n) is 2.79. The Kier molecular flexibility index (Phi) is 5.28. The van der Waals surface area contributed by atoms with Crippen molar-refractivity contribution in [1.29, 1.82) is 0 Å². The molecule has 0 aliphatic heterocycles. The number of carbonyl (C=O) groups is 1. The average molecular weight is 269 g/mol. The van der Waals surface area contributed by atoms with Crippen molar-refractivity contribution in [1.82, 2.24) is 4.98 Å². The molecule has 3 N–H and O–H groups in total. The van der Waals surface area contributed by atoms with Crippen LogP contribution in [0.2, 0.25) is 0 Å². The zero-order valence-electron chi connectivity index (χ0n) is 11.6. The van der Waals surface area contributed by atoms with E-state index in [1.807, 2.05) is 12.3 Å². The van der Waals surface area contributed by atoms with Crippen LogP contribution in [0.25, 0.3) is 0 Å². The van der Waals surface area contributed by atoms with Crippen LogP contribution in [0.4, 0.5) is 5.13 Å². The van der Waals surface area contributed by atoms with E-state index >= 15 is 0 Å². The SMILES string of the molecule is CC(CN)CCC(=O)Nc1nc(C(C)(C)C)cs1. The Bertz CT molecular complexity index is 395. The standard InChI is InChI=1S/C13H23N3OS/c1-9(7-14)5-6-11(17)16-12-15-10(8-18-12)13(2,3)4/h8-9H,5-7,14H2,1-4H3,(H,15,16,17). The van der Waals surface area contributed by atoms with Crippen LogP contribution in [0.15, 0.2) is 5.38 Å². The highest BCUT2D eigenvalue weighted by molar-refractivity contribution is 7.13. The predicted octanol–water partition coefficient (Wildman–Crippen LogP) is 2.75. The number of amides is 1. The van der Waals surface area contributed by atoms with Crippen molar-refractivity contribution in [3.05, 3.63) is 11.1 Å². The molecule has 4 nitrogen and oxygen atoms in total. The molecule has 1 heterocycles. The summed E-state index contributed by atoms with van der Waals surface area (Å²) in [5.74, 6) is 0.405. The molecule has 0 bridgehead atoms. The molecule has 5 heteroatoms. The Morgan fingerprint density at radius 2 is 2.22 bits per heavy atom. The number of carbonyl (C=O) groups excluding carboxylic acids is 1. The quantitative estimate of drug-likeness (QED) is 0.863. The minimum atomic E-state index is 0.0186. The lowest BCUT2D eigenvalue weighted by Crippen LogP contribution is -2.17. The van der Waals surface area contributed by atoms with Gasteiger partial charge in [-0.3, -0.25) is 4.79 Å². The molecule has 1 rings (SSSR count). The van der Waals surface area contributed by atoms with Crippen molar-refractivity contribution >= 4 is 22.4 Å². The zero-order valence-corrected chi connectivity index (χ0v) is 12.4. The molecule has 0 saturated carbocycles. The molecule has 0 aromatic carbocycles. The van der Waals surface area contributed by atoms with Crippen LogP contribution >= 0.6 is 11.3 Å². The minimum absolute atomic E-state index is 0.0186. The molecule has 0 aliphatic carbocycles. The van der Waals surface area contributed by atoms with E-state index in [1.54, 1.807) is 0 Å². The van der Waals surface area contributed by atoms with Gasteiger partial charge in [0.1, 0.15) is 0 Å². The number of anilines is 1. The van der Waals surface area contributed by atoms with Gasteiger partial charge in [-0.2, -0.15) is 0 Å². The van der Waals surface area contributed by atoms with E-state index in [4.69, 9.17) is 5.73 Å². The maximum absolute atomic E-state index is 11.7. The number of thiazole rings is 1. The fourth-order valence-corrected chi connectivity index (χ4v) is 2.31.